The molecule has 0 unspecified atom stereocenters. The first-order chi connectivity index (χ1) is 11.6. The molecule has 0 saturated carbocycles. The van der Waals surface area contributed by atoms with E-state index < -0.39 is 0 Å². The molecule has 0 spiro atoms. The number of hydrogen-bond acceptors (Lipinski definition) is 4. The highest BCUT2D eigenvalue weighted by molar-refractivity contribution is 14.1. The van der Waals surface area contributed by atoms with Gasteiger partial charge in [0, 0.05) is 9.13 Å². The number of aliphatic imine (C=N–C) groups is 1. The molecule has 1 aliphatic rings. The van der Waals surface area contributed by atoms with Crippen LogP contribution in [0.5, 0.6) is 5.75 Å². The van der Waals surface area contributed by atoms with E-state index in [1.54, 1.807) is 6.08 Å². The SMILES string of the molecule is CCOc1ccc(/C=C2/N=C(c3cc(I)ccc3Cl)SC2=O)cc1. The van der Waals surface area contributed by atoms with Gasteiger partial charge in [0.2, 0.25) is 5.12 Å². The monoisotopic (exact) mass is 469 g/mol. The van der Waals surface area contributed by atoms with Crippen molar-refractivity contribution >= 4 is 62.2 Å². The maximum Gasteiger partial charge on any atom is 0.244 e. The zero-order chi connectivity index (χ0) is 17.1. The van der Waals surface area contributed by atoms with Gasteiger partial charge in [-0.2, -0.15) is 0 Å². The van der Waals surface area contributed by atoms with Gasteiger partial charge in [-0.1, -0.05) is 23.7 Å². The van der Waals surface area contributed by atoms with Crippen LogP contribution in [-0.2, 0) is 4.79 Å². The Bertz CT molecular complexity index is 847. The lowest BCUT2D eigenvalue weighted by atomic mass is 10.2. The van der Waals surface area contributed by atoms with Crippen LogP contribution in [0.3, 0.4) is 0 Å². The predicted molar refractivity (Wildman–Crippen MR) is 109 cm³/mol. The molecule has 2 aromatic carbocycles. The molecule has 2 aromatic rings. The Balaban J connectivity index is 1.89. The Morgan fingerprint density at radius 2 is 2.00 bits per heavy atom. The van der Waals surface area contributed by atoms with Crippen LogP contribution in [-0.4, -0.2) is 16.8 Å². The summed E-state index contributed by atoms with van der Waals surface area (Å²) in [7, 11) is 0. The third kappa shape index (κ3) is 4.02. The summed E-state index contributed by atoms with van der Waals surface area (Å²) in [6, 6.07) is 13.2. The van der Waals surface area contributed by atoms with Crippen molar-refractivity contribution in [3.05, 3.63) is 67.9 Å². The molecular weight excluding hydrogens is 457 g/mol. The van der Waals surface area contributed by atoms with Crippen LogP contribution in [0.1, 0.15) is 18.1 Å². The standard InChI is InChI=1S/C18H13ClINO2S/c1-2-23-13-6-3-11(4-7-13)9-16-18(22)24-17(21-16)14-10-12(20)5-8-15(14)19/h3-10H,2H2,1H3/b16-9+. The summed E-state index contributed by atoms with van der Waals surface area (Å²) in [5.74, 6) is 0.807. The quantitative estimate of drug-likeness (QED) is 0.444. The van der Waals surface area contributed by atoms with E-state index in [0.717, 1.165) is 32.2 Å². The lowest BCUT2D eigenvalue weighted by molar-refractivity contribution is -0.107. The number of rotatable bonds is 4. The second-order valence-electron chi connectivity index (χ2n) is 4.96. The minimum atomic E-state index is -0.0752. The largest absolute Gasteiger partial charge is 0.494 e. The molecule has 0 N–H and O–H groups in total. The van der Waals surface area contributed by atoms with E-state index in [9.17, 15) is 4.79 Å². The van der Waals surface area contributed by atoms with Crippen molar-refractivity contribution in [2.24, 2.45) is 4.99 Å². The number of halogens is 2. The average Bonchev–Trinajstić information content (AvgIpc) is 2.92. The molecular formula is C18H13ClINO2S. The van der Waals surface area contributed by atoms with E-state index >= 15 is 0 Å². The molecule has 0 aliphatic carbocycles. The van der Waals surface area contributed by atoms with Crippen molar-refractivity contribution in [2.75, 3.05) is 6.61 Å². The fraction of sp³-hybridized carbons (Fsp3) is 0.111. The molecule has 0 bridgehead atoms. The van der Waals surface area contributed by atoms with E-state index in [1.807, 2.05) is 49.4 Å². The van der Waals surface area contributed by atoms with Gasteiger partial charge in [-0.05, 0) is 83.2 Å². The minimum Gasteiger partial charge on any atom is -0.494 e. The van der Waals surface area contributed by atoms with E-state index in [0.29, 0.717) is 22.4 Å². The fourth-order valence-corrected chi connectivity index (χ4v) is 3.73. The fourth-order valence-electron chi connectivity index (χ4n) is 2.17. The van der Waals surface area contributed by atoms with E-state index in [-0.39, 0.29) is 5.12 Å². The molecule has 0 saturated heterocycles. The second-order valence-corrected chi connectivity index (χ2v) is 7.58. The molecule has 6 heteroatoms. The molecule has 0 amide bonds. The van der Waals surface area contributed by atoms with Gasteiger partial charge in [-0.15, -0.1) is 0 Å². The highest BCUT2D eigenvalue weighted by atomic mass is 127. The van der Waals surface area contributed by atoms with Gasteiger partial charge in [0.1, 0.15) is 16.5 Å². The van der Waals surface area contributed by atoms with E-state index in [1.165, 1.54) is 0 Å². The van der Waals surface area contributed by atoms with Crippen molar-refractivity contribution in [1.29, 1.82) is 0 Å². The highest BCUT2D eigenvalue weighted by Gasteiger charge is 2.24. The second kappa shape index (κ2) is 7.72. The van der Waals surface area contributed by atoms with Crippen LogP contribution in [0, 0.1) is 3.57 Å². The summed E-state index contributed by atoms with van der Waals surface area (Å²) in [6.45, 7) is 2.57. The van der Waals surface area contributed by atoms with Crippen LogP contribution in [0.4, 0.5) is 0 Å². The molecule has 3 rings (SSSR count). The smallest absolute Gasteiger partial charge is 0.244 e. The van der Waals surface area contributed by atoms with Gasteiger partial charge < -0.3 is 4.74 Å². The Labute approximate surface area is 163 Å². The Morgan fingerprint density at radius 3 is 2.71 bits per heavy atom. The van der Waals surface area contributed by atoms with E-state index in [2.05, 4.69) is 27.6 Å². The Hall–Kier alpha value is -1.31. The number of nitrogens with zero attached hydrogens (tertiary/aromatic N) is 1. The summed E-state index contributed by atoms with van der Waals surface area (Å²) in [5.41, 5.74) is 2.12. The lowest BCUT2D eigenvalue weighted by Gasteiger charge is -2.02. The maximum absolute atomic E-state index is 12.2. The number of hydrogen-bond donors (Lipinski definition) is 0. The number of ether oxygens (including phenoxy) is 1. The zero-order valence-corrected chi connectivity index (χ0v) is 16.5. The van der Waals surface area contributed by atoms with Crippen molar-refractivity contribution in [2.45, 2.75) is 6.92 Å². The normalized spacial score (nSPS) is 15.7. The van der Waals surface area contributed by atoms with Crippen molar-refractivity contribution in [1.82, 2.24) is 0 Å². The average molecular weight is 470 g/mol. The van der Waals surface area contributed by atoms with Crippen LogP contribution in [0.2, 0.25) is 5.02 Å². The molecule has 24 heavy (non-hydrogen) atoms. The molecule has 1 heterocycles. The number of thioether (sulfide) groups is 1. The molecule has 3 nitrogen and oxygen atoms in total. The molecule has 0 radical (unpaired) electrons. The van der Waals surface area contributed by atoms with Crippen LogP contribution < -0.4 is 4.74 Å². The lowest BCUT2D eigenvalue weighted by Crippen LogP contribution is -1.95. The van der Waals surface area contributed by atoms with Gasteiger partial charge in [0.05, 0.1) is 11.6 Å². The van der Waals surface area contributed by atoms with Gasteiger partial charge in [0.15, 0.2) is 0 Å². The Kier molecular flexibility index (Phi) is 5.63. The molecule has 122 valence electrons. The Morgan fingerprint density at radius 1 is 1.25 bits per heavy atom. The first kappa shape index (κ1) is 17.5. The number of carbonyl (C=O) groups is 1. The summed E-state index contributed by atoms with van der Waals surface area (Å²) >= 11 is 9.56. The van der Waals surface area contributed by atoms with E-state index in [4.69, 9.17) is 16.3 Å². The predicted octanol–water partition coefficient (Wildman–Crippen LogP) is 5.40. The summed E-state index contributed by atoms with van der Waals surface area (Å²) in [5, 5.41) is 1.16. The number of carbonyl (C=O) groups excluding carboxylic acids is 1. The van der Waals surface area contributed by atoms with Crippen molar-refractivity contribution in [3.8, 4) is 5.75 Å². The topological polar surface area (TPSA) is 38.7 Å². The minimum absolute atomic E-state index is 0.0752. The van der Waals surface area contributed by atoms with Crippen molar-refractivity contribution < 1.29 is 9.53 Å². The first-order valence-corrected chi connectivity index (χ1v) is 9.55. The molecule has 0 atom stereocenters. The van der Waals surface area contributed by atoms with Gasteiger partial charge >= 0.3 is 0 Å². The third-order valence-corrected chi connectivity index (χ3v) is 5.17. The number of benzene rings is 2. The zero-order valence-electron chi connectivity index (χ0n) is 12.8. The molecule has 1 aliphatic heterocycles. The highest BCUT2D eigenvalue weighted by Crippen LogP contribution is 2.32. The van der Waals surface area contributed by atoms with Gasteiger partial charge in [-0.25, -0.2) is 4.99 Å². The summed E-state index contributed by atoms with van der Waals surface area (Å²) in [4.78, 5) is 16.7. The summed E-state index contributed by atoms with van der Waals surface area (Å²) in [6.07, 6.45) is 1.78. The van der Waals surface area contributed by atoms with Crippen LogP contribution in [0.25, 0.3) is 6.08 Å². The molecule has 0 aromatic heterocycles. The first-order valence-electron chi connectivity index (χ1n) is 7.27. The molecule has 0 fully saturated rings. The van der Waals surface area contributed by atoms with Crippen molar-refractivity contribution in [3.63, 3.8) is 0 Å². The van der Waals surface area contributed by atoms with Gasteiger partial charge in [0.25, 0.3) is 0 Å². The van der Waals surface area contributed by atoms with Gasteiger partial charge in [-0.3, -0.25) is 4.79 Å². The maximum atomic E-state index is 12.2. The van der Waals surface area contributed by atoms with Crippen LogP contribution in [0.15, 0.2) is 53.2 Å². The van der Waals surface area contributed by atoms with Crippen LogP contribution >= 0.6 is 46.0 Å². The summed E-state index contributed by atoms with van der Waals surface area (Å²) < 4.78 is 6.46. The third-order valence-electron chi connectivity index (χ3n) is 3.27.